The van der Waals surface area contributed by atoms with Gasteiger partial charge in [0, 0.05) is 41.6 Å². The van der Waals surface area contributed by atoms with Crippen LogP contribution in [0.3, 0.4) is 0 Å². The first-order valence-corrected chi connectivity index (χ1v) is 14.4. The molecule has 0 aliphatic carbocycles. The molecule has 0 aromatic heterocycles. The van der Waals surface area contributed by atoms with Crippen molar-refractivity contribution in [2.75, 3.05) is 13.2 Å². The molecule has 0 saturated carbocycles. The maximum atomic E-state index is 14.2. The highest BCUT2D eigenvalue weighted by atomic mass is 79.9. The molecular weight excluding hydrogens is 601 g/mol. The largest absolute Gasteiger partial charge is 0.494 e. The number of ether oxygens (including phenoxy) is 2. The van der Waals surface area contributed by atoms with Crippen molar-refractivity contribution in [3.05, 3.63) is 136 Å². The van der Waals surface area contributed by atoms with Gasteiger partial charge in [0.1, 0.15) is 11.6 Å². The van der Waals surface area contributed by atoms with Crippen molar-refractivity contribution in [3.8, 4) is 5.75 Å². The molecule has 4 aromatic carbocycles. The maximum Gasteiger partial charge on any atom is 0.266 e. The van der Waals surface area contributed by atoms with Gasteiger partial charge in [-0.15, -0.1) is 0 Å². The third kappa shape index (κ3) is 6.87. The molecule has 5 rings (SSSR count). The summed E-state index contributed by atoms with van der Waals surface area (Å²) in [5, 5.41) is 9.03. The first kappa shape index (κ1) is 29.4. The molecular formula is C33H31BrFN3O4. The van der Waals surface area contributed by atoms with E-state index >= 15 is 0 Å². The average Bonchev–Trinajstić information content (AvgIpc) is 3.39. The number of carbonyl (C=O) groups is 1. The van der Waals surface area contributed by atoms with Crippen LogP contribution in [0.4, 0.5) is 4.39 Å². The number of nitrogens with zero attached hydrogens (tertiary/aromatic N) is 1. The van der Waals surface area contributed by atoms with Crippen molar-refractivity contribution in [2.24, 2.45) is 4.99 Å². The van der Waals surface area contributed by atoms with Crippen LogP contribution in [0.1, 0.15) is 34.8 Å². The maximum absolute atomic E-state index is 14.2. The van der Waals surface area contributed by atoms with Gasteiger partial charge in [-0.05, 0) is 53.6 Å². The van der Waals surface area contributed by atoms with Crippen LogP contribution in [-0.4, -0.2) is 35.7 Å². The van der Waals surface area contributed by atoms with Gasteiger partial charge in [-0.2, -0.15) is 0 Å². The van der Waals surface area contributed by atoms with E-state index in [1.807, 2.05) is 78.9 Å². The van der Waals surface area contributed by atoms with E-state index in [9.17, 15) is 9.18 Å². The highest BCUT2D eigenvalue weighted by Crippen LogP contribution is 2.44. The molecule has 0 spiro atoms. The molecule has 0 unspecified atom stereocenters. The topological polar surface area (TPSA) is 92.2 Å². The summed E-state index contributed by atoms with van der Waals surface area (Å²) >= 11 is 3.65. The first-order chi connectivity index (χ1) is 20.5. The summed E-state index contributed by atoms with van der Waals surface area (Å²) in [4.78, 5) is 19.2. The van der Waals surface area contributed by atoms with E-state index in [1.54, 1.807) is 12.1 Å². The van der Waals surface area contributed by atoms with Crippen LogP contribution in [0, 0.1) is 5.82 Å². The molecule has 0 fully saturated rings. The molecule has 1 heterocycles. The fraction of sp³-hybridized carbons (Fsp3) is 0.212. The van der Waals surface area contributed by atoms with E-state index < -0.39 is 11.6 Å². The Kier molecular flexibility index (Phi) is 9.63. The number of aliphatic hydroxyl groups excluding tert-OH is 1. The molecule has 0 bridgehead atoms. The molecule has 9 heteroatoms. The number of amides is 1. The van der Waals surface area contributed by atoms with Crippen LogP contribution >= 0.6 is 15.9 Å². The fourth-order valence-electron chi connectivity index (χ4n) is 4.79. The summed E-state index contributed by atoms with van der Waals surface area (Å²) < 4.78 is 26.4. The van der Waals surface area contributed by atoms with Gasteiger partial charge in [-0.1, -0.05) is 76.6 Å². The second-order valence-corrected chi connectivity index (χ2v) is 10.8. The van der Waals surface area contributed by atoms with Gasteiger partial charge >= 0.3 is 0 Å². The van der Waals surface area contributed by atoms with E-state index in [0.29, 0.717) is 36.8 Å². The van der Waals surface area contributed by atoms with Gasteiger partial charge in [0.25, 0.3) is 5.91 Å². The predicted molar refractivity (Wildman–Crippen MR) is 162 cm³/mol. The molecule has 42 heavy (non-hydrogen) atoms. The van der Waals surface area contributed by atoms with Crippen LogP contribution in [-0.2, 0) is 22.5 Å². The zero-order chi connectivity index (χ0) is 29.4. The van der Waals surface area contributed by atoms with Crippen molar-refractivity contribution in [2.45, 2.75) is 31.0 Å². The molecule has 0 radical (unpaired) electrons. The van der Waals surface area contributed by atoms with Crippen LogP contribution in [0.2, 0.25) is 0 Å². The van der Waals surface area contributed by atoms with Gasteiger partial charge in [0.15, 0.2) is 11.6 Å². The lowest BCUT2D eigenvalue weighted by molar-refractivity contribution is -0.130. The third-order valence-electron chi connectivity index (χ3n) is 6.94. The molecule has 7 nitrogen and oxygen atoms in total. The third-order valence-corrected chi connectivity index (χ3v) is 7.66. The van der Waals surface area contributed by atoms with Crippen LogP contribution in [0.25, 0.3) is 0 Å². The van der Waals surface area contributed by atoms with Gasteiger partial charge in [0.2, 0.25) is 5.90 Å². The van der Waals surface area contributed by atoms with Crippen LogP contribution < -0.4 is 15.6 Å². The fourth-order valence-corrected chi connectivity index (χ4v) is 5.28. The van der Waals surface area contributed by atoms with Crippen molar-refractivity contribution < 1.29 is 23.8 Å². The Hall–Kier alpha value is -4.05. The van der Waals surface area contributed by atoms with E-state index in [4.69, 9.17) is 19.6 Å². The molecule has 4 aromatic rings. The van der Waals surface area contributed by atoms with E-state index in [-0.39, 0.29) is 24.8 Å². The Labute approximate surface area is 252 Å². The lowest BCUT2D eigenvalue weighted by Crippen LogP contribution is -2.53. The molecule has 1 amide bonds. The van der Waals surface area contributed by atoms with Gasteiger partial charge < -0.3 is 14.6 Å². The molecule has 1 aliphatic rings. The number of hydrazine groups is 1. The van der Waals surface area contributed by atoms with E-state index in [1.165, 1.54) is 12.1 Å². The summed E-state index contributed by atoms with van der Waals surface area (Å²) in [6, 6.07) is 30.7. The smallest absolute Gasteiger partial charge is 0.266 e. The van der Waals surface area contributed by atoms with Crippen molar-refractivity contribution >= 4 is 27.7 Å². The minimum Gasteiger partial charge on any atom is -0.494 e. The summed E-state index contributed by atoms with van der Waals surface area (Å²) in [7, 11) is 0. The Balaban J connectivity index is 1.50. The minimum absolute atomic E-state index is 0.0590. The monoisotopic (exact) mass is 631 g/mol. The van der Waals surface area contributed by atoms with Gasteiger partial charge in [-0.3, -0.25) is 10.2 Å². The second kappa shape index (κ2) is 13.7. The van der Waals surface area contributed by atoms with E-state index in [2.05, 4.69) is 26.8 Å². The predicted octanol–water partition coefficient (Wildman–Crippen LogP) is 5.67. The van der Waals surface area contributed by atoms with Crippen molar-refractivity contribution in [1.82, 2.24) is 10.9 Å². The van der Waals surface area contributed by atoms with Gasteiger partial charge in [-0.25, -0.2) is 14.8 Å². The number of halogens is 2. The summed E-state index contributed by atoms with van der Waals surface area (Å²) in [5.41, 5.74) is 7.68. The summed E-state index contributed by atoms with van der Waals surface area (Å²) in [6.07, 6.45) is 0.0594. The zero-order valence-electron chi connectivity index (χ0n) is 22.8. The molecule has 1 aliphatic heterocycles. The van der Waals surface area contributed by atoms with Crippen molar-refractivity contribution in [1.29, 1.82) is 0 Å². The zero-order valence-corrected chi connectivity index (χ0v) is 24.4. The van der Waals surface area contributed by atoms with Crippen molar-refractivity contribution in [3.63, 3.8) is 0 Å². The number of aliphatic imine (C=N–C) groups is 1. The van der Waals surface area contributed by atoms with Crippen LogP contribution in [0.5, 0.6) is 5.75 Å². The number of aliphatic hydroxyl groups is 1. The number of nitrogens with one attached hydrogen (secondary N) is 2. The molecule has 216 valence electrons. The lowest BCUT2D eigenvalue weighted by Gasteiger charge is -2.31. The number of carbonyl (C=O) groups excluding carboxylic acids is 1. The first-order valence-electron chi connectivity index (χ1n) is 13.7. The Morgan fingerprint density at radius 3 is 2.38 bits per heavy atom. The SMILES string of the molecule is O=C(NNCc1ccc(F)cc1)[C@@]1(Cc2ccccc2)N=C(c2ccc(OCCCO)cc2)O[C@H]1c1ccccc1Br. The summed E-state index contributed by atoms with van der Waals surface area (Å²) in [6.45, 7) is 0.758. The number of rotatable bonds is 12. The number of hydrogen-bond acceptors (Lipinski definition) is 6. The van der Waals surface area contributed by atoms with Crippen LogP contribution in [0.15, 0.2) is 113 Å². The standard InChI is InChI=1S/C33H31BrFN3O4/c34-29-10-5-4-9-28(29)30-33(21-23-7-2-1-3-8-23,32(40)38-36-22-24-11-15-26(35)16-12-24)37-31(42-30)25-13-17-27(18-14-25)41-20-6-19-39/h1-5,7-18,30,36,39H,6,19-22H2,(H,38,40)/t30-,33-/m0/s1. The van der Waals surface area contributed by atoms with Gasteiger partial charge in [0.05, 0.1) is 6.61 Å². The molecule has 3 N–H and O–H groups in total. The normalized spacial score (nSPS) is 17.8. The molecule has 2 atom stereocenters. The second-order valence-electron chi connectivity index (χ2n) is 9.91. The average molecular weight is 633 g/mol. The highest BCUT2D eigenvalue weighted by Gasteiger charge is 2.53. The summed E-state index contributed by atoms with van der Waals surface area (Å²) in [5.74, 6) is 0.303. The molecule has 0 saturated heterocycles. The Morgan fingerprint density at radius 2 is 1.67 bits per heavy atom. The lowest BCUT2D eigenvalue weighted by atomic mass is 9.82. The number of benzene rings is 4. The Bertz CT molecular complexity index is 1520. The highest BCUT2D eigenvalue weighted by molar-refractivity contribution is 9.10. The Morgan fingerprint density at radius 1 is 0.952 bits per heavy atom. The van der Waals surface area contributed by atoms with E-state index in [0.717, 1.165) is 21.2 Å². The minimum atomic E-state index is -1.37. The number of hydrogen-bond donors (Lipinski definition) is 3. The quantitative estimate of drug-likeness (QED) is 0.138.